The lowest BCUT2D eigenvalue weighted by molar-refractivity contribution is 0.211. The van der Waals surface area contributed by atoms with Crippen molar-refractivity contribution in [3.05, 3.63) is 27.6 Å². The molecule has 0 aliphatic rings. The van der Waals surface area contributed by atoms with Crippen LogP contribution in [-0.2, 0) is 0 Å². The summed E-state index contributed by atoms with van der Waals surface area (Å²) in [6.45, 7) is 3.85. The number of hydrogen-bond acceptors (Lipinski definition) is 1. The minimum absolute atomic E-state index is 0.123. The first-order valence-electron chi connectivity index (χ1n) is 4.90. The second-order valence-corrected chi connectivity index (χ2v) is 4.92. The molecule has 0 spiro atoms. The summed E-state index contributed by atoms with van der Waals surface area (Å²) in [6.07, 6.45) is 0. The Morgan fingerprint density at radius 1 is 1.50 bits per heavy atom. The van der Waals surface area contributed by atoms with Crippen LogP contribution in [0.1, 0.15) is 13.8 Å². The van der Waals surface area contributed by atoms with Crippen molar-refractivity contribution >= 4 is 34.3 Å². The molecule has 1 aromatic rings. The van der Waals surface area contributed by atoms with Crippen molar-refractivity contribution < 1.29 is 9.18 Å². The zero-order valence-corrected chi connectivity index (χ0v) is 11.6. The number of hydrogen-bond donors (Lipinski definition) is 1. The fourth-order valence-corrected chi connectivity index (χ4v) is 1.64. The predicted molar refractivity (Wildman–Crippen MR) is 71.0 cm³/mol. The number of amides is 2. The average molecular weight is 336 g/mol. The van der Waals surface area contributed by atoms with E-state index in [1.807, 2.05) is 36.4 Å². The third-order valence-electron chi connectivity index (χ3n) is 2.27. The van der Waals surface area contributed by atoms with E-state index in [1.165, 1.54) is 12.1 Å². The van der Waals surface area contributed by atoms with Crippen LogP contribution in [0.15, 0.2) is 18.2 Å². The van der Waals surface area contributed by atoms with Crippen LogP contribution >= 0.6 is 22.6 Å². The van der Waals surface area contributed by atoms with E-state index in [4.69, 9.17) is 0 Å². The van der Waals surface area contributed by atoms with Crippen LogP contribution in [0, 0.1) is 9.39 Å². The maximum atomic E-state index is 12.8. The Hall–Kier alpha value is -0.850. The van der Waals surface area contributed by atoms with E-state index in [1.54, 1.807) is 18.0 Å². The number of benzene rings is 1. The van der Waals surface area contributed by atoms with Crippen molar-refractivity contribution in [1.29, 1.82) is 0 Å². The molecule has 0 fully saturated rings. The van der Waals surface area contributed by atoms with Gasteiger partial charge in [0.25, 0.3) is 0 Å². The fraction of sp³-hybridized carbons (Fsp3) is 0.364. The summed E-state index contributed by atoms with van der Waals surface area (Å²) in [5.74, 6) is -0.306. The molecule has 0 aliphatic heterocycles. The van der Waals surface area contributed by atoms with Gasteiger partial charge in [0.15, 0.2) is 0 Å². The smallest absolute Gasteiger partial charge is 0.321 e. The minimum atomic E-state index is -0.306. The molecule has 0 bridgehead atoms. The lowest BCUT2D eigenvalue weighted by Gasteiger charge is -2.22. The maximum Gasteiger partial charge on any atom is 0.321 e. The molecule has 1 aromatic carbocycles. The van der Waals surface area contributed by atoms with E-state index in [0.29, 0.717) is 9.26 Å². The lowest BCUT2D eigenvalue weighted by atomic mass is 10.3. The highest BCUT2D eigenvalue weighted by molar-refractivity contribution is 14.1. The number of rotatable bonds is 2. The summed E-state index contributed by atoms with van der Waals surface area (Å²) in [5.41, 5.74) is 0.625. The molecule has 0 aliphatic carbocycles. The number of nitrogens with zero attached hydrogens (tertiary/aromatic N) is 1. The number of carbonyl (C=O) groups excluding carboxylic acids is 1. The van der Waals surface area contributed by atoms with Gasteiger partial charge in [0, 0.05) is 16.7 Å². The Morgan fingerprint density at radius 2 is 2.12 bits per heavy atom. The van der Waals surface area contributed by atoms with E-state index < -0.39 is 0 Å². The first-order chi connectivity index (χ1) is 7.41. The summed E-state index contributed by atoms with van der Waals surface area (Å²) in [7, 11) is 1.72. The lowest BCUT2D eigenvalue weighted by Crippen LogP contribution is -2.36. The molecule has 2 amide bonds. The summed E-state index contributed by atoms with van der Waals surface area (Å²) in [4.78, 5) is 13.3. The van der Waals surface area contributed by atoms with Gasteiger partial charge in [-0.1, -0.05) is 0 Å². The number of carbonyl (C=O) groups is 1. The Bertz CT molecular complexity index is 396. The summed E-state index contributed by atoms with van der Waals surface area (Å²) in [6, 6.07) is 4.19. The zero-order chi connectivity index (χ0) is 12.3. The molecule has 0 unspecified atom stereocenters. The van der Waals surface area contributed by atoms with E-state index >= 15 is 0 Å². The van der Waals surface area contributed by atoms with Crippen molar-refractivity contribution in [2.75, 3.05) is 12.4 Å². The topological polar surface area (TPSA) is 32.3 Å². The van der Waals surface area contributed by atoms with Crippen LogP contribution in [0.5, 0.6) is 0 Å². The molecular formula is C11H14FIN2O. The van der Waals surface area contributed by atoms with Gasteiger partial charge in [-0.15, -0.1) is 0 Å². The van der Waals surface area contributed by atoms with E-state index in [-0.39, 0.29) is 17.9 Å². The van der Waals surface area contributed by atoms with Crippen molar-refractivity contribution in [3.63, 3.8) is 0 Å². The Kier molecular flexibility index (Phi) is 4.52. The summed E-state index contributed by atoms with van der Waals surface area (Å²) in [5, 5.41) is 2.73. The normalized spacial score (nSPS) is 10.4. The molecule has 0 radical (unpaired) electrons. The fourth-order valence-electron chi connectivity index (χ4n) is 1.03. The predicted octanol–water partition coefficient (Wildman–Crippen LogP) is 3.30. The SMILES string of the molecule is CC(C)N(C)C(=O)Nc1ccc(F)cc1I. The third kappa shape index (κ3) is 3.33. The van der Waals surface area contributed by atoms with Gasteiger partial charge in [0.2, 0.25) is 0 Å². The first-order valence-corrected chi connectivity index (χ1v) is 5.98. The Labute approximate surface area is 108 Å². The first kappa shape index (κ1) is 13.2. The van der Waals surface area contributed by atoms with E-state index in [0.717, 1.165) is 0 Å². The van der Waals surface area contributed by atoms with Crippen molar-refractivity contribution in [3.8, 4) is 0 Å². The second kappa shape index (κ2) is 5.47. The molecule has 0 aromatic heterocycles. The Morgan fingerprint density at radius 3 is 2.62 bits per heavy atom. The monoisotopic (exact) mass is 336 g/mol. The van der Waals surface area contributed by atoms with Crippen LogP contribution in [0.25, 0.3) is 0 Å². The van der Waals surface area contributed by atoms with Crippen LogP contribution in [0.4, 0.5) is 14.9 Å². The highest BCUT2D eigenvalue weighted by atomic mass is 127. The molecule has 0 saturated carbocycles. The third-order valence-corrected chi connectivity index (χ3v) is 3.16. The zero-order valence-electron chi connectivity index (χ0n) is 9.42. The van der Waals surface area contributed by atoms with Gasteiger partial charge < -0.3 is 10.2 Å². The van der Waals surface area contributed by atoms with Gasteiger partial charge in [-0.25, -0.2) is 9.18 Å². The van der Waals surface area contributed by atoms with Gasteiger partial charge in [0.1, 0.15) is 5.82 Å². The van der Waals surface area contributed by atoms with Gasteiger partial charge in [-0.2, -0.15) is 0 Å². The average Bonchev–Trinajstić information content (AvgIpc) is 2.20. The molecule has 16 heavy (non-hydrogen) atoms. The van der Waals surface area contributed by atoms with E-state index in [9.17, 15) is 9.18 Å². The van der Waals surface area contributed by atoms with Crippen molar-refractivity contribution in [2.45, 2.75) is 19.9 Å². The second-order valence-electron chi connectivity index (χ2n) is 3.76. The molecule has 0 heterocycles. The largest absolute Gasteiger partial charge is 0.325 e. The standard InChI is InChI=1S/C11H14FIN2O/c1-7(2)15(3)11(16)14-10-5-4-8(12)6-9(10)13/h4-7H,1-3H3,(H,14,16). The number of nitrogens with one attached hydrogen (secondary N) is 1. The molecule has 0 saturated heterocycles. The van der Waals surface area contributed by atoms with Crippen LogP contribution in [0.3, 0.4) is 0 Å². The number of halogens is 2. The summed E-state index contributed by atoms with van der Waals surface area (Å²) < 4.78 is 13.5. The van der Waals surface area contributed by atoms with E-state index in [2.05, 4.69) is 5.32 Å². The van der Waals surface area contributed by atoms with Gasteiger partial charge in [-0.05, 0) is 54.6 Å². The molecule has 3 nitrogen and oxygen atoms in total. The van der Waals surface area contributed by atoms with Crippen molar-refractivity contribution in [1.82, 2.24) is 4.90 Å². The van der Waals surface area contributed by atoms with Gasteiger partial charge in [0.05, 0.1) is 5.69 Å². The number of anilines is 1. The maximum absolute atomic E-state index is 12.8. The minimum Gasteiger partial charge on any atom is -0.325 e. The molecule has 1 rings (SSSR count). The highest BCUT2D eigenvalue weighted by Crippen LogP contribution is 2.19. The molecule has 0 atom stereocenters. The highest BCUT2D eigenvalue weighted by Gasteiger charge is 2.13. The van der Waals surface area contributed by atoms with Crippen LogP contribution in [-0.4, -0.2) is 24.0 Å². The van der Waals surface area contributed by atoms with Gasteiger partial charge in [-0.3, -0.25) is 0 Å². The van der Waals surface area contributed by atoms with Crippen LogP contribution < -0.4 is 5.32 Å². The van der Waals surface area contributed by atoms with Gasteiger partial charge >= 0.3 is 6.03 Å². The Balaban J connectivity index is 2.77. The quantitative estimate of drug-likeness (QED) is 0.826. The molecular weight excluding hydrogens is 322 g/mol. The molecule has 88 valence electrons. The summed E-state index contributed by atoms with van der Waals surface area (Å²) >= 11 is 1.99. The molecule has 5 heteroatoms. The van der Waals surface area contributed by atoms with Crippen molar-refractivity contribution in [2.24, 2.45) is 0 Å². The molecule has 1 N–H and O–H groups in total. The van der Waals surface area contributed by atoms with Crippen LogP contribution in [0.2, 0.25) is 0 Å². The number of urea groups is 1.